The van der Waals surface area contributed by atoms with Crippen LogP contribution in [0.3, 0.4) is 0 Å². The first-order chi connectivity index (χ1) is 19.2. The van der Waals surface area contributed by atoms with Crippen molar-refractivity contribution in [3.63, 3.8) is 0 Å². The smallest absolute Gasteiger partial charge is 0.254 e. The number of hydrogen-bond donors (Lipinski definition) is 1. The SMILES string of the molecule is Cc1cc(C)c(C(=O)N2CCN(c3ccccc3S(N)(=O)=O)CC2)cc1CC1CCN(c2ccccc2C#N)C1. The summed E-state index contributed by atoms with van der Waals surface area (Å²) in [6.45, 7) is 7.94. The molecule has 0 spiro atoms. The van der Waals surface area contributed by atoms with Crippen LogP contribution in [0.2, 0.25) is 0 Å². The maximum Gasteiger partial charge on any atom is 0.254 e. The Labute approximate surface area is 236 Å². The second-order valence-corrected chi connectivity index (χ2v) is 12.3. The number of para-hydroxylation sites is 2. The van der Waals surface area contributed by atoms with Gasteiger partial charge in [-0.1, -0.05) is 30.3 Å². The van der Waals surface area contributed by atoms with Crippen LogP contribution in [0.25, 0.3) is 0 Å². The van der Waals surface area contributed by atoms with Crippen LogP contribution in [0.15, 0.2) is 65.6 Å². The minimum Gasteiger partial charge on any atom is -0.370 e. The predicted molar refractivity (Wildman–Crippen MR) is 157 cm³/mol. The fourth-order valence-electron chi connectivity index (χ4n) is 6.00. The summed E-state index contributed by atoms with van der Waals surface area (Å²) in [5.41, 5.74) is 6.34. The second kappa shape index (κ2) is 11.3. The number of amides is 1. The third-order valence-electron chi connectivity index (χ3n) is 8.15. The van der Waals surface area contributed by atoms with Gasteiger partial charge in [-0.3, -0.25) is 4.79 Å². The van der Waals surface area contributed by atoms with E-state index < -0.39 is 10.0 Å². The van der Waals surface area contributed by atoms with Crippen molar-refractivity contribution in [2.75, 3.05) is 49.1 Å². The number of piperazine rings is 1. The summed E-state index contributed by atoms with van der Waals surface area (Å²) in [5.74, 6) is 0.452. The lowest BCUT2D eigenvalue weighted by molar-refractivity contribution is 0.0745. The number of nitriles is 1. The Balaban J connectivity index is 1.27. The van der Waals surface area contributed by atoms with E-state index in [4.69, 9.17) is 5.14 Å². The van der Waals surface area contributed by atoms with Crippen molar-refractivity contribution in [3.8, 4) is 6.07 Å². The van der Waals surface area contributed by atoms with Gasteiger partial charge in [0.05, 0.1) is 16.9 Å². The van der Waals surface area contributed by atoms with Gasteiger partial charge in [0, 0.05) is 44.8 Å². The Bertz CT molecular complexity index is 1570. The monoisotopic (exact) mass is 557 g/mol. The minimum absolute atomic E-state index is 0.00845. The lowest BCUT2D eigenvalue weighted by atomic mass is 9.91. The molecule has 208 valence electrons. The van der Waals surface area contributed by atoms with Crippen molar-refractivity contribution in [1.29, 1.82) is 5.26 Å². The van der Waals surface area contributed by atoms with Crippen LogP contribution in [-0.4, -0.2) is 58.5 Å². The fraction of sp³-hybridized carbons (Fsp3) is 0.355. The van der Waals surface area contributed by atoms with Crippen LogP contribution in [0.5, 0.6) is 0 Å². The number of nitrogens with two attached hydrogens (primary N) is 1. The summed E-state index contributed by atoms with van der Waals surface area (Å²) in [6.07, 6.45) is 1.92. The van der Waals surface area contributed by atoms with Crippen LogP contribution in [-0.2, 0) is 16.4 Å². The van der Waals surface area contributed by atoms with E-state index in [0.717, 1.165) is 42.7 Å². The molecule has 3 aromatic rings. The zero-order valence-corrected chi connectivity index (χ0v) is 23.8. The van der Waals surface area contributed by atoms with E-state index in [2.05, 4.69) is 30.0 Å². The van der Waals surface area contributed by atoms with Gasteiger partial charge < -0.3 is 14.7 Å². The summed E-state index contributed by atoms with van der Waals surface area (Å²) in [6, 6.07) is 21.0. The highest BCUT2D eigenvalue weighted by Gasteiger charge is 2.28. The Morgan fingerprint density at radius 1 is 0.925 bits per heavy atom. The zero-order chi connectivity index (χ0) is 28.4. The number of nitrogens with zero attached hydrogens (tertiary/aromatic N) is 4. The van der Waals surface area contributed by atoms with E-state index in [1.165, 1.54) is 17.2 Å². The van der Waals surface area contributed by atoms with Gasteiger partial charge in [0.1, 0.15) is 11.0 Å². The molecule has 0 radical (unpaired) electrons. The van der Waals surface area contributed by atoms with E-state index in [0.29, 0.717) is 43.3 Å². The van der Waals surface area contributed by atoms with Gasteiger partial charge in [0.25, 0.3) is 5.91 Å². The lowest BCUT2D eigenvalue weighted by Gasteiger charge is -2.37. The molecule has 2 aliphatic heterocycles. The molecule has 2 aliphatic rings. The molecular weight excluding hydrogens is 522 g/mol. The molecule has 2 saturated heterocycles. The molecule has 0 aliphatic carbocycles. The van der Waals surface area contributed by atoms with Crippen molar-refractivity contribution in [2.24, 2.45) is 11.1 Å². The summed E-state index contributed by atoms with van der Waals surface area (Å²) < 4.78 is 24.1. The standard InChI is InChI=1S/C31H35N5O3S/c1-22-17-23(2)27(19-26(22)18-24-11-12-36(21-24)28-8-4-3-7-25(28)20-32)31(37)35-15-13-34(14-16-35)29-9-5-6-10-30(29)40(33,38)39/h3-10,17,19,24H,11-16,18,21H2,1-2H3,(H2,33,38,39). The van der Waals surface area contributed by atoms with E-state index in [1.807, 2.05) is 41.0 Å². The van der Waals surface area contributed by atoms with E-state index >= 15 is 0 Å². The van der Waals surface area contributed by atoms with Crippen LogP contribution in [0.1, 0.15) is 39.0 Å². The molecule has 8 nitrogen and oxygen atoms in total. The van der Waals surface area contributed by atoms with Gasteiger partial charge in [0.15, 0.2) is 0 Å². The molecule has 2 heterocycles. The van der Waals surface area contributed by atoms with Crippen molar-refractivity contribution in [2.45, 2.75) is 31.6 Å². The number of anilines is 2. The van der Waals surface area contributed by atoms with Gasteiger partial charge in [-0.05, 0) is 79.6 Å². The number of primary sulfonamides is 1. The van der Waals surface area contributed by atoms with Crippen molar-refractivity contribution >= 4 is 27.3 Å². The molecule has 2 fully saturated rings. The quantitative estimate of drug-likeness (QED) is 0.493. The number of benzene rings is 3. The maximum atomic E-state index is 13.7. The van der Waals surface area contributed by atoms with Crippen LogP contribution >= 0.6 is 0 Å². The Morgan fingerprint density at radius 2 is 1.60 bits per heavy atom. The summed E-state index contributed by atoms with van der Waals surface area (Å²) >= 11 is 0. The molecule has 9 heteroatoms. The summed E-state index contributed by atoms with van der Waals surface area (Å²) in [4.78, 5) is 19.9. The summed E-state index contributed by atoms with van der Waals surface area (Å²) in [7, 11) is -3.84. The van der Waals surface area contributed by atoms with E-state index in [1.54, 1.807) is 18.2 Å². The molecule has 3 aromatic carbocycles. The Hall–Kier alpha value is -3.87. The third kappa shape index (κ3) is 5.69. The molecule has 1 amide bonds. The van der Waals surface area contributed by atoms with Gasteiger partial charge in [-0.15, -0.1) is 0 Å². The number of sulfonamides is 1. The number of carbonyl (C=O) groups excluding carboxylic acids is 1. The van der Waals surface area contributed by atoms with Crippen LogP contribution in [0.4, 0.5) is 11.4 Å². The minimum atomic E-state index is -3.84. The van der Waals surface area contributed by atoms with Crippen molar-refractivity contribution in [1.82, 2.24) is 4.90 Å². The average Bonchev–Trinajstić information content (AvgIpc) is 3.42. The molecule has 0 aromatic heterocycles. The number of hydrogen-bond acceptors (Lipinski definition) is 6. The van der Waals surface area contributed by atoms with Crippen molar-refractivity contribution in [3.05, 3.63) is 88.5 Å². The molecule has 0 saturated carbocycles. The maximum absolute atomic E-state index is 13.7. The Kier molecular flexibility index (Phi) is 7.83. The van der Waals surface area contributed by atoms with Crippen LogP contribution in [0, 0.1) is 31.1 Å². The normalized spacial score (nSPS) is 17.6. The summed E-state index contributed by atoms with van der Waals surface area (Å²) in [5, 5.41) is 14.9. The van der Waals surface area contributed by atoms with E-state index in [-0.39, 0.29) is 10.8 Å². The molecule has 40 heavy (non-hydrogen) atoms. The first-order valence-electron chi connectivity index (χ1n) is 13.7. The molecule has 0 bridgehead atoms. The predicted octanol–water partition coefficient (Wildman–Crippen LogP) is 3.85. The fourth-order valence-corrected chi connectivity index (χ4v) is 6.76. The third-order valence-corrected chi connectivity index (χ3v) is 9.11. The Morgan fingerprint density at radius 3 is 2.30 bits per heavy atom. The largest absolute Gasteiger partial charge is 0.370 e. The highest BCUT2D eigenvalue weighted by Crippen LogP contribution is 2.31. The van der Waals surface area contributed by atoms with Crippen molar-refractivity contribution < 1.29 is 13.2 Å². The first kappa shape index (κ1) is 27.7. The number of carbonyl (C=O) groups is 1. The molecular formula is C31H35N5O3S. The van der Waals surface area contributed by atoms with Crippen LogP contribution < -0.4 is 14.9 Å². The average molecular weight is 558 g/mol. The number of rotatable bonds is 6. The van der Waals surface area contributed by atoms with Gasteiger partial charge in [-0.2, -0.15) is 5.26 Å². The topological polar surface area (TPSA) is 111 Å². The molecule has 1 atom stereocenters. The second-order valence-electron chi connectivity index (χ2n) is 10.8. The molecule has 5 rings (SSSR count). The molecule has 2 N–H and O–H groups in total. The first-order valence-corrected chi connectivity index (χ1v) is 15.2. The highest BCUT2D eigenvalue weighted by molar-refractivity contribution is 7.89. The van der Waals surface area contributed by atoms with Gasteiger partial charge >= 0.3 is 0 Å². The number of aryl methyl sites for hydroxylation is 2. The zero-order valence-electron chi connectivity index (χ0n) is 23.0. The molecule has 1 unspecified atom stereocenters. The van der Waals surface area contributed by atoms with E-state index in [9.17, 15) is 18.5 Å². The highest BCUT2D eigenvalue weighted by atomic mass is 32.2. The van der Waals surface area contributed by atoms with Gasteiger partial charge in [0.2, 0.25) is 10.0 Å². The lowest BCUT2D eigenvalue weighted by Crippen LogP contribution is -2.49. The van der Waals surface area contributed by atoms with Gasteiger partial charge in [-0.25, -0.2) is 13.6 Å².